The molecule has 0 aliphatic carbocycles. The zero-order valence-electron chi connectivity index (χ0n) is 14.1. The third kappa shape index (κ3) is 4.25. The van der Waals surface area contributed by atoms with E-state index >= 15 is 0 Å². The molecule has 2 aromatic rings. The topological polar surface area (TPSA) is 41.6 Å². The molecule has 0 unspecified atom stereocenters. The lowest BCUT2D eigenvalue weighted by Gasteiger charge is -2.28. The van der Waals surface area contributed by atoms with Crippen molar-refractivity contribution in [1.82, 2.24) is 4.90 Å². The molecular weight excluding hydrogens is 288 g/mol. The molecule has 0 saturated carbocycles. The summed E-state index contributed by atoms with van der Waals surface area (Å²) in [6.45, 7) is 2.06. The standard InChI is InChI=1S/C19H24N2O2/c1-14(15-10-12-17(23-4)13-11-15)18(19(22)21(2)3)20-16-8-6-5-7-9-16/h5-14,18,20H,1-4H3/t14-,18-/m0/s1. The van der Waals surface area contributed by atoms with Crippen molar-refractivity contribution in [2.75, 3.05) is 26.5 Å². The highest BCUT2D eigenvalue weighted by Crippen LogP contribution is 2.25. The summed E-state index contributed by atoms with van der Waals surface area (Å²) < 4.78 is 5.20. The summed E-state index contributed by atoms with van der Waals surface area (Å²) in [4.78, 5) is 14.2. The average Bonchev–Trinajstić information content (AvgIpc) is 2.59. The lowest BCUT2D eigenvalue weighted by Crippen LogP contribution is -2.42. The summed E-state index contributed by atoms with van der Waals surface area (Å²) in [5, 5.41) is 3.36. The quantitative estimate of drug-likeness (QED) is 0.889. The van der Waals surface area contributed by atoms with Gasteiger partial charge in [0.15, 0.2) is 0 Å². The first-order valence-corrected chi connectivity index (χ1v) is 7.69. The summed E-state index contributed by atoms with van der Waals surface area (Å²) in [5.41, 5.74) is 2.03. The van der Waals surface area contributed by atoms with Crippen molar-refractivity contribution in [3.8, 4) is 5.75 Å². The second kappa shape index (κ2) is 7.68. The molecule has 0 aliphatic rings. The lowest BCUT2D eigenvalue weighted by atomic mass is 9.92. The van der Waals surface area contributed by atoms with Crippen LogP contribution >= 0.6 is 0 Å². The van der Waals surface area contributed by atoms with Crippen LogP contribution in [0.2, 0.25) is 0 Å². The molecule has 1 N–H and O–H groups in total. The van der Waals surface area contributed by atoms with Gasteiger partial charge >= 0.3 is 0 Å². The predicted molar refractivity (Wildman–Crippen MR) is 94.0 cm³/mol. The van der Waals surface area contributed by atoms with E-state index < -0.39 is 0 Å². The largest absolute Gasteiger partial charge is 0.497 e. The Balaban J connectivity index is 2.26. The number of hydrogen-bond acceptors (Lipinski definition) is 3. The van der Waals surface area contributed by atoms with Gasteiger partial charge in [-0.25, -0.2) is 0 Å². The second-order valence-corrected chi connectivity index (χ2v) is 5.78. The molecule has 0 aliphatic heterocycles. The molecular formula is C19H24N2O2. The van der Waals surface area contributed by atoms with Crippen LogP contribution in [0.5, 0.6) is 5.75 Å². The molecule has 0 aromatic heterocycles. The van der Waals surface area contributed by atoms with E-state index in [1.54, 1.807) is 26.1 Å². The van der Waals surface area contributed by atoms with E-state index in [1.807, 2.05) is 54.6 Å². The average molecular weight is 312 g/mol. The van der Waals surface area contributed by atoms with Crippen LogP contribution in [0, 0.1) is 0 Å². The number of carbonyl (C=O) groups excluding carboxylic acids is 1. The minimum absolute atomic E-state index is 0.0241. The number of rotatable bonds is 6. The smallest absolute Gasteiger partial charge is 0.245 e. The van der Waals surface area contributed by atoms with Gasteiger partial charge in [-0.2, -0.15) is 0 Å². The molecule has 2 aromatic carbocycles. The van der Waals surface area contributed by atoms with Crippen molar-refractivity contribution in [3.05, 3.63) is 60.2 Å². The Labute approximate surface area is 138 Å². The molecule has 0 radical (unpaired) electrons. The number of hydrogen-bond donors (Lipinski definition) is 1. The van der Waals surface area contributed by atoms with E-state index in [0.29, 0.717) is 0 Å². The molecule has 0 bridgehead atoms. The predicted octanol–water partition coefficient (Wildman–Crippen LogP) is 3.37. The first-order chi connectivity index (χ1) is 11.0. The van der Waals surface area contributed by atoms with Gasteiger partial charge in [0, 0.05) is 25.7 Å². The van der Waals surface area contributed by atoms with Crippen molar-refractivity contribution >= 4 is 11.6 Å². The van der Waals surface area contributed by atoms with Crippen molar-refractivity contribution in [1.29, 1.82) is 0 Å². The normalized spacial score (nSPS) is 13.0. The van der Waals surface area contributed by atoms with Gasteiger partial charge in [-0.3, -0.25) is 4.79 Å². The first kappa shape index (κ1) is 16.9. The minimum atomic E-state index is -0.333. The van der Waals surface area contributed by atoms with Crippen LogP contribution in [0.25, 0.3) is 0 Å². The number of anilines is 1. The number of ether oxygens (including phenoxy) is 1. The molecule has 2 atom stereocenters. The second-order valence-electron chi connectivity index (χ2n) is 5.78. The van der Waals surface area contributed by atoms with Crippen LogP contribution < -0.4 is 10.1 Å². The number of para-hydroxylation sites is 1. The summed E-state index contributed by atoms with van der Waals surface area (Å²) in [7, 11) is 5.21. The summed E-state index contributed by atoms with van der Waals surface area (Å²) >= 11 is 0. The highest BCUT2D eigenvalue weighted by molar-refractivity contribution is 5.85. The maximum Gasteiger partial charge on any atom is 0.245 e. The van der Waals surface area contributed by atoms with Crippen molar-refractivity contribution in [2.24, 2.45) is 0 Å². The molecule has 23 heavy (non-hydrogen) atoms. The Kier molecular flexibility index (Phi) is 5.63. The fourth-order valence-corrected chi connectivity index (χ4v) is 2.49. The van der Waals surface area contributed by atoms with Gasteiger partial charge in [-0.15, -0.1) is 0 Å². The minimum Gasteiger partial charge on any atom is -0.497 e. The van der Waals surface area contributed by atoms with Gasteiger partial charge in [0.25, 0.3) is 0 Å². The molecule has 122 valence electrons. The third-order valence-corrected chi connectivity index (χ3v) is 3.94. The molecule has 0 fully saturated rings. The highest BCUT2D eigenvalue weighted by atomic mass is 16.5. The lowest BCUT2D eigenvalue weighted by molar-refractivity contribution is -0.129. The van der Waals surface area contributed by atoms with Crippen LogP contribution in [0.1, 0.15) is 18.4 Å². The van der Waals surface area contributed by atoms with Crippen LogP contribution in [-0.2, 0) is 4.79 Å². The molecule has 0 spiro atoms. The molecule has 2 rings (SSSR count). The Morgan fingerprint density at radius 2 is 1.65 bits per heavy atom. The van der Waals surface area contributed by atoms with Gasteiger partial charge in [0.2, 0.25) is 5.91 Å². The zero-order chi connectivity index (χ0) is 16.8. The fraction of sp³-hybridized carbons (Fsp3) is 0.316. The van der Waals surface area contributed by atoms with Gasteiger partial charge in [-0.1, -0.05) is 37.3 Å². The van der Waals surface area contributed by atoms with E-state index in [0.717, 1.165) is 17.0 Å². The third-order valence-electron chi connectivity index (χ3n) is 3.94. The van der Waals surface area contributed by atoms with E-state index in [-0.39, 0.29) is 17.9 Å². The monoisotopic (exact) mass is 312 g/mol. The van der Waals surface area contributed by atoms with Crippen LogP contribution in [0.15, 0.2) is 54.6 Å². The fourth-order valence-electron chi connectivity index (χ4n) is 2.49. The number of likely N-dealkylation sites (N-methyl/N-ethyl adjacent to an activating group) is 1. The molecule has 1 amide bonds. The van der Waals surface area contributed by atoms with Crippen molar-refractivity contribution < 1.29 is 9.53 Å². The Morgan fingerprint density at radius 1 is 1.04 bits per heavy atom. The van der Waals surface area contributed by atoms with Gasteiger partial charge in [-0.05, 0) is 29.8 Å². The maximum absolute atomic E-state index is 12.6. The summed E-state index contributed by atoms with van der Waals surface area (Å²) in [6, 6.07) is 17.3. The molecule has 0 heterocycles. The summed E-state index contributed by atoms with van der Waals surface area (Å²) in [5.74, 6) is 0.889. The van der Waals surface area contributed by atoms with Gasteiger partial charge in [0.05, 0.1) is 7.11 Å². The van der Waals surface area contributed by atoms with Crippen LogP contribution in [0.3, 0.4) is 0 Å². The SMILES string of the molecule is COc1ccc([C@H](C)[C@H](Nc2ccccc2)C(=O)N(C)C)cc1. The number of amides is 1. The van der Waals surface area contributed by atoms with E-state index in [2.05, 4.69) is 12.2 Å². The maximum atomic E-state index is 12.6. The number of carbonyl (C=O) groups is 1. The Hall–Kier alpha value is -2.49. The van der Waals surface area contributed by atoms with E-state index in [1.165, 1.54) is 0 Å². The van der Waals surface area contributed by atoms with E-state index in [9.17, 15) is 4.79 Å². The van der Waals surface area contributed by atoms with Crippen molar-refractivity contribution in [3.63, 3.8) is 0 Å². The van der Waals surface area contributed by atoms with Gasteiger partial charge < -0.3 is 15.0 Å². The van der Waals surface area contributed by atoms with Crippen LogP contribution in [0.4, 0.5) is 5.69 Å². The van der Waals surface area contributed by atoms with Crippen LogP contribution in [-0.4, -0.2) is 38.1 Å². The number of nitrogens with one attached hydrogen (secondary N) is 1. The number of nitrogens with zero attached hydrogens (tertiary/aromatic N) is 1. The Morgan fingerprint density at radius 3 is 2.17 bits per heavy atom. The highest BCUT2D eigenvalue weighted by Gasteiger charge is 2.27. The van der Waals surface area contributed by atoms with E-state index in [4.69, 9.17) is 4.74 Å². The first-order valence-electron chi connectivity index (χ1n) is 7.69. The zero-order valence-corrected chi connectivity index (χ0v) is 14.1. The molecule has 4 nitrogen and oxygen atoms in total. The number of benzene rings is 2. The molecule has 4 heteroatoms. The van der Waals surface area contributed by atoms with Gasteiger partial charge in [0.1, 0.15) is 11.8 Å². The van der Waals surface area contributed by atoms with Crippen molar-refractivity contribution in [2.45, 2.75) is 18.9 Å². The summed E-state index contributed by atoms with van der Waals surface area (Å²) in [6.07, 6.45) is 0. The number of methoxy groups -OCH3 is 1. The molecule has 0 saturated heterocycles. The Bertz CT molecular complexity index is 624.